The first-order chi connectivity index (χ1) is 28.2. The van der Waals surface area contributed by atoms with E-state index in [1.54, 1.807) is 0 Å². The number of benzene rings is 8. The molecule has 0 aliphatic rings. The zero-order valence-corrected chi connectivity index (χ0v) is 31.5. The largest absolute Gasteiger partial charge is 0.309 e. The monoisotopic (exact) mass is 730 g/mol. The number of aryl methyl sites for hydroxylation is 1. The van der Waals surface area contributed by atoms with Crippen molar-refractivity contribution in [3.05, 3.63) is 240 Å². The van der Waals surface area contributed by atoms with E-state index in [1.807, 2.05) is 60.7 Å². The van der Waals surface area contributed by atoms with Crippen LogP contribution in [0.4, 0.5) is 0 Å². The van der Waals surface area contributed by atoms with Crippen LogP contribution in [0.5, 0.6) is 0 Å². The van der Waals surface area contributed by atoms with Crippen molar-refractivity contribution in [2.24, 2.45) is 0 Å². The summed E-state index contributed by atoms with van der Waals surface area (Å²) in [5.74, 6) is 1.91. The quantitative estimate of drug-likeness (QED) is 0.146. The van der Waals surface area contributed by atoms with Crippen LogP contribution in [0.1, 0.15) is 27.8 Å². The highest BCUT2D eigenvalue weighted by molar-refractivity contribution is 6.09. The van der Waals surface area contributed by atoms with Crippen LogP contribution >= 0.6 is 0 Å². The first kappa shape index (κ1) is 34.1. The number of aromatic nitrogens is 4. The normalized spacial score (nSPS) is 11.6. The van der Waals surface area contributed by atoms with Crippen LogP contribution in [0, 0.1) is 6.92 Å². The molecular weight excluding hydrogens is 693 g/mol. The highest BCUT2D eigenvalue weighted by Crippen LogP contribution is 2.47. The van der Waals surface area contributed by atoms with Crippen molar-refractivity contribution in [1.82, 2.24) is 19.5 Å². The van der Waals surface area contributed by atoms with Crippen molar-refractivity contribution in [3.8, 4) is 39.9 Å². The van der Waals surface area contributed by atoms with Gasteiger partial charge in [-0.25, -0.2) is 15.0 Å². The average Bonchev–Trinajstić information content (AvgIpc) is 3.62. The smallest absolute Gasteiger partial charge is 0.164 e. The minimum Gasteiger partial charge on any atom is -0.309 e. The Kier molecular flexibility index (Phi) is 8.57. The van der Waals surface area contributed by atoms with Crippen LogP contribution in [0.25, 0.3) is 61.7 Å². The molecule has 0 N–H and O–H groups in total. The molecule has 2 heterocycles. The first-order valence-electron chi connectivity index (χ1n) is 19.4. The fraction of sp³-hybridized carbons (Fsp3) is 0.0377. The molecule has 4 nitrogen and oxygen atoms in total. The van der Waals surface area contributed by atoms with Gasteiger partial charge in [0, 0.05) is 33.2 Å². The molecule has 0 aliphatic heterocycles. The molecule has 0 atom stereocenters. The van der Waals surface area contributed by atoms with E-state index in [9.17, 15) is 0 Å². The second kappa shape index (κ2) is 14.3. The standard InChI is InChI=1S/C53H38N4/c1-37-26-33-45(34-27-37)57-48-25-15-14-24-46(48)47-35-32-44(36-49(47)57)53(41-20-10-4-11-21-41,42-22-12-5-13-23-42)43-30-28-40(29-31-43)52-55-50(38-16-6-2-7-17-38)54-51(56-52)39-18-8-3-9-19-39/h2-36H,1H3. The molecule has 0 aliphatic carbocycles. The molecule has 0 amide bonds. The van der Waals surface area contributed by atoms with Gasteiger partial charge in [-0.15, -0.1) is 0 Å². The lowest BCUT2D eigenvalue weighted by Gasteiger charge is -2.37. The van der Waals surface area contributed by atoms with E-state index in [0.29, 0.717) is 17.5 Å². The lowest BCUT2D eigenvalue weighted by molar-refractivity contribution is 0.746. The number of nitrogens with zero attached hydrogens (tertiary/aromatic N) is 4. The fourth-order valence-corrected chi connectivity index (χ4v) is 8.36. The Bertz CT molecular complexity index is 2880. The lowest BCUT2D eigenvalue weighted by atomic mass is 9.65. The molecular formula is C53H38N4. The van der Waals surface area contributed by atoms with Gasteiger partial charge >= 0.3 is 0 Å². The summed E-state index contributed by atoms with van der Waals surface area (Å²) in [6.45, 7) is 2.14. The molecule has 0 unspecified atom stereocenters. The molecule has 10 rings (SSSR count). The van der Waals surface area contributed by atoms with E-state index >= 15 is 0 Å². The molecule has 8 aromatic carbocycles. The predicted octanol–water partition coefficient (Wildman–Crippen LogP) is 12.7. The van der Waals surface area contributed by atoms with Gasteiger partial charge in [-0.2, -0.15) is 0 Å². The van der Waals surface area contributed by atoms with E-state index in [1.165, 1.54) is 38.5 Å². The van der Waals surface area contributed by atoms with Gasteiger partial charge < -0.3 is 4.57 Å². The third-order valence-electron chi connectivity index (χ3n) is 11.1. The highest BCUT2D eigenvalue weighted by atomic mass is 15.0. The van der Waals surface area contributed by atoms with E-state index < -0.39 is 5.41 Å². The lowest BCUT2D eigenvalue weighted by Crippen LogP contribution is -2.31. The summed E-state index contributed by atoms with van der Waals surface area (Å²) >= 11 is 0. The summed E-state index contributed by atoms with van der Waals surface area (Å²) < 4.78 is 2.41. The summed E-state index contributed by atoms with van der Waals surface area (Å²) in [4.78, 5) is 15.0. The van der Waals surface area contributed by atoms with Gasteiger partial charge in [0.15, 0.2) is 17.5 Å². The van der Waals surface area contributed by atoms with E-state index in [4.69, 9.17) is 15.0 Å². The van der Waals surface area contributed by atoms with Gasteiger partial charge in [-0.05, 0) is 53.4 Å². The van der Waals surface area contributed by atoms with Crippen molar-refractivity contribution in [2.45, 2.75) is 12.3 Å². The van der Waals surface area contributed by atoms with Gasteiger partial charge in [0.1, 0.15) is 0 Å². The number of para-hydroxylation sites is 1. The van der Waals surface area contributed by atoms with Crippen molar-refractivity contribution in [2.75, 3.05) is 0 Å². The Labute approximate surface area is 332 Å². The zero-order valence-electron chi connectivity index (χ0n) is 31.5. The number of hydrogen-bond acceptors (Lipinski definition) is 3. The minimum absolute atomic E-state index is 0.628. The van der Waals surface area contributed by atoms with E-state index in [0.717, 1.165) is 33.5 Å². The fourth-order valence-electron chi connectivity index (χ4n) is 8.36. The third-order valence-corrected chi connectivity index (χ3v) is 11.1. The zero-order chi connectivity index (χ0) is 38.2. The van der Waals surface area contributed by atoms with Gasteiger partial charge in [0.25, 0.3) is 0 Å². The number of hydrogen-bond donors (Lipinski definition) is 0. The van der Waals surface area contributed by atoms with Crippen LogP contribution in [-0.4, -0.2) is 19.5 Å². The van der Waals surface area contributed by atoms with Crippen LogP contribution in [-0.2, 0) is 5.41 Å². The molecule has 10 aromatic rings. The Balaban J connectivity index is 1.20. The van der Waals surface area contributed by atoms with Crippen LogP contribution < -0.4 is 0 Å². The topological polar surface area (TPSA) is 43.6 Å². The Morgan fingerprint density at radius 2 is 0.772 bits per heavy atom. The van der Waals surface area contributed by atoms with Crippen molar-refractivity contribution >= 4 is 21.8 Å². The molecule has 0 radical (unpaired) electrons. The maximum absolute atomic E-state index is 5.04. The number of rotatable bonds is 8. The average molecular weight is 731 g/mol. The molecule has 0 spiro atoms. The van der Waals surface area contributed by atoms with Crippen molar-refractivity contribution in [3.63, 3.8) is 0 Å². The molecule has 0 saturated carbocycles. The van der Waals surface area contributed by atoms with Gasteiger partial charge in [0.2, 0.25) is 0 Å². The predicted molar refractivity (Wildman–Crippen MR) is 234 cm³/mol. The summed E-state index contributed by atoms with van der Waals surface area (Å²) in [6, 6.07) is 75.5. The summed E-state index contributed by atoms with van der Waals surface area (Å²) in [5, 5.41) is 2.45. The van der Waals surface area contributed by atoms with E-state index in [-0.39, 0.29) is 0 Å². The van der Waals surface area contributed by atoms with Gasteiger partial charge in [-0.1, -0.05) is 194 Å². The molecule has 4 heteroatoms. The second-order valence-electron chi connectivity index (χ2n) is 14.5. The molecule has 270 valence electrons. The summed E-state index contributed by atoms with van der Waals surface area (Å²) in [5.41, 5.74) is 11.5. The highest BCUT2D eigenvalue weighted by Gasteiger charge is 2.39. The Hall–Kier alpha value is -7.43. The molecule has 0 saturated heterocycles. The Morgan fingerprint density at radius 1 is 0.351 bits per heavy atom. The molecule has 57 heavy (non-hydrogen) atoms. The van der Waals surface area contributed by atoms with Crippen molar-refractivity contribution < 1.29 is 0 Å². The maximum Gasteiger partial charge on any atom is 0.164 e. The molecule has 0 bridgehead atoms. The Morgan fingerprint density at radius 3 is 1.32 bits per heavy atom. The number of fused-ring (bicyclic) bond motifs is 3. The summed E-state index contributed by atoms with van der Waals surface area (Å²) in [6.07, 6.45) is 0. The maximum atomic E-state index is 5.04. The SMILES string of the molecule is Cc1ccc(-n2c3ccccc3c3ccc(C(c4ccccc4)(c4ccccc4)c4ccc(-c5nc(-c6ccccc6)nc(-c6ccccc6)n5)cc4)cc32)cc1. The van der Waals surface area contributed by atoms with E-state index in [2.05, 4.69) is 163 Å². The van der Waals surface area contributed by atoms with Crippen molar-refractivity contribution in [1.29, 1.82) is 0 Å². The third kappa shape index (κ3) is 5.99. The van der Waals surface area contributed by atoms with Crippen LogP contribution in [0.2, 0.25) is 0 Å². The molecule has 0 fully saturated rings. The minimum atomic E-state index is -0.659. The van der Waals surface area contributed by atoms with Gasteiger partial charge in [-0.3, -0.25) is 0 Å². The van der Waals surface area contributed by atoms with Crippen LogP contribution in [0.15, 0.2) is 212 Å². The van der Waals surface area contributed by atoms with Gasteiger partial charge in [0.05, 0.1) is 16.4 Å². The van der Waals surface area contributed by atoms with Crippen LogP contribution in [0.3, 0.4) is 0 Å². The summed E-state index contributed by atoms with van der Waals surface area (Å²) in [7, 11) is 0. The second-order valence-corrected chi connectivity index (χ2v) is 14.5. The first-order valence-corrected chi connectivity index (χ1v) is 19.4. The molecule has 2 aromatic heterocycles.